The van der Waals surface area contributed by atoms with Crippen LogP contribution >= 0.6 is 0 Å². The number of carbonyl (C=O) groups excluding carboxylic acids is 1. The molecular weight excluding hydrogens is 312 g/mol. The second kappa shape index (κ2) is 8.25. The number of esters is 1. The topological polar surface area (TPSA) is 46.5 Å². The Bertz CT molecular complexity index is 553. The van der Waals surface area contributed by atoms with Gasteiger partial charge in [0.05, 0.1) is 13.0 Å². The molecule has 0 saturated heterocycles. The molecule has 0 aliphatic carbocycles. The third-order valence-electron chi connectivity index (χ3n) is 4.55. The zero-order valence-electron chi connectivity index (χ0n) is 17.3. The molecule has 0 amide bonds. The van der Waals surface area contributed by atoms with Crippen molar-refractivity contribution in [3.8, 4) is 5.75 Å². The molecule has 0 aliphatic rings. The van der Waals surface area contributed by atoms with Gasteiger partial charge in [-0.05, 0) is 39.9 Å². The number of hydrogen-bond acceptors (Lipinski definition) is 3. The van der Waals surface area contributed by atoms with E-state index in [4.69, 9.17) is 4.74 Å². The quantitative estimate of drug-likeness (QED) is 0.520. The largest absolute Gasteiger partial charge is 0.507 e. The van der Waals surface area contributed by atoms with E-state index in [9.17, 15) is 9.90 Å². The molecule has 1 aromatic carbocycles. The molecule has 3 nitrogen and oxygen atoms in total. The third-order valence-corrected chi connectivity index (χ3v) is 4.55. The summed E-state index contributed by atoms with van der Waals surface area (Å²) in [5.41, 5.74) is 2.62. The molecule has 0 spiro atoms. The van der Waals surface area contributed by atoms with Gasteiger partial charge in [0.25, 0.3) is 0 Å². The van der Waals surface area contributed by atoms with Gasteiger partial charge in [-0.1, -0.05) is 73.9 Å². The van der Waals surface area contributed by atoms with Gasteiger partial charge in [0.2, 0.25) is 0 Å². The number of rotatable bonds is 6. The number of ether oxygens (including phenoxy) is 1. The van der Waals surface area contributed by atoms with E-state index >= 15 is 0 Å². The molecule has 0 aromatic heterocycles. The van der Waals surface area contributed by atoms with Crippen LogP contribution in [0.25, 0.3) is 0 Å². The van der Waals surface area contributed by atoms with Crippen LogP contribution in [0.4, 0.5) is 0 Å². The molecule has 0 bridgehead atoms. The number of carbonyl (C=O) groups is 1. The molecule has 1 rings (SSSR count). The molecule has 1 N–H and O–H groups in total. The smallest absolute Gasteiger partial charge is 0.306 e. The van der Waals surface area contributed by atoms with E-state index in [1.165, 1.54) is 0 Å². The molecule has 0 aliphatic heterocycles. The maximum absolute atomic E-state index is 12.1. The number of phenols is 1. The number of aromatic hydroxyl groups is 1. The first-order chi connectivity index (χ1) is 11.4. The summed E-state index contributed by atoms with van der Waals surface area (Å²) in [7, 11) is 0. The summed E-state index contributed by atoms with van der Waals surface area (Å²) in [5.74, 6) is 0.280. The van der Waals surface area contributed by atoms with Gasteiger partial charge in [-0.15, -0.1) is 0 Å². The monoisotopic (exact) mass is 348 g/mol. The Morgan fingerprint density at radius 1 is 1.08 bits per heavy atom. The Hall–Kier alpha value is -1.51. The second-order valence-corrected chi connectivity index (χ2v) is 9.14. The summed E-state index contributed by atoms with van der Waals surface area (Å²) >= 11 is 0. The minimum Gasteiger partial charge on any atom is -0.507 e. The van der Waals surface area contributed by atoms with Gasteiger partial charge in [0.15, 0.2) is 0 Å². The van der Waals surface area contributed by atoms with Gasteiger partial charge in [0, 0.05) is 0 Å². The fourth-order valence-electron chi connectivity index (χ4n) is 2.84. The third kappa shape index (κ3) is 6.05. The molecule has 3 heteroatoms. The Morgan fingerprint density at radius 3 is 1.96 bits per heavy atom. The lowest BCUT2D eigenvalue weighted by Crippen LogP contribution is -2.19. The van der Waals surface area contributed by atoms with Gasteiger partial charge in [-0.2, -0.15) is 0 Å². The average Bonchev–Trinajstić information content (AvgIpc) is 2.45. The molecule has 142 valence electrons. The normalized spacial score (nSPS) is 13.6. The summed E-state index contributed by atoms with van der Waals surface area (Å²) in [6, 6.07) is 4.10. The SMILES string of the molecule is CCCCOC(=O)CC(C)c1cc(C(C)(C)C)c(O)c(C(C)(C)C)c1. The zero-order valence-corrected chi connectivity index (χ0v) is 17.3. The van der Waals surface area contributed by atoms with Gasteiger partial charge >= 0.3 is 5.97 Å². The van der Waals surface area contributed by atoms with Crippen LogP contribution in [0.1, 0.15) is 97.3 Å². The average molecular weight is 349 g/mol. The Kier molecular flexibility index (Phi) is 7.10. The van der Waals surface area contributed by atoms with E-state index in [0.717, 1.165) is 29.5 Å². The fraction of sp³-hybridized carbons (Fsp3) is 0.682. The van der Waals surface area contributed by atoms with Crippen molar-refractivity contribution in [1.82, 2.24) is 0 Å². The van der Waals surface area contributed by atoms with Crippen molar-refractivity contribution >= 4 is 5.97 Å². The number of unbranched alkanes of at least 4 members (excludes halogenated alkanes) is 1. The van der Waals surface area contributed by atoms with Crippen molar-refractivity contribution in [2.45, 2.75) is 91.4 Å². The first-order valence-corrected chi connectivity index (χ1v) is 9.41. The van der Waals surface area contributed by atoms with E-state index < -0.39 is 0 Å². The van der Waals surface area contributed by atoms with E-state index in [0.29, 0.717) is 18.8 Å². The van der Waals surface area contributed by atoms with Crippen LogP contribution in [0.15, 0.2) is 12.1 Å². The van der Waals surface area contributed by atoms with E-state index in [2.05, 4.69) is 60.6 Å². The molecule has 0 saturated carbocycles. The Morgan fingerprint density at radius 2 is 1.56 bits per heavy atom. The Balaban J connectivity index is 3.16. The predicted molar refractivity (Wildman–Crippen MR) is 104 cm³/mol. The highest BCUT2D eigenvalue weighted by Gasteiger charge is 2.27. The molecule has 1 atom stereocenters. The minimum absolute atomic E-state index is 0.0527. The van der Waals surface area contributed by atoms with Crippen molar-refractivity contribution in [2.24, 2.45) is 0 Å². The lowest BCUT2D eigenvalue weighted by Gasteiger charge is -2.29. The summed E-state index contributed by atoms with van der Waals surface area (Å²) in [6.07, 6.45) is 2.29. The maximum Gasteiger partial charge on any atom is 0.306 e. The van der Waals surface area contributed by atoms with Crippen molar-refractivity contribution in [2.75, 3.05) is 6.61 Å². The number of phenolic OH excluding ortho intramolecular Hbond substituents is 1. The summed E-state index contributed by atoms with van der Waals surface area (Å²) in [4.78, 5) is 12.1. The van der Waals surface area contributed by atoms with Gasteiger partial charge in [0.1, 0.15) is 5.75 Å². The highest BCUT2D eigenvalue weighted by Crippen LogP contribution is 2.41. The first kappa shape index (κ1) is 21.5. The van der Waals surface area contributed by atoms with Crippen LogP contribution in [-0.4, -0.2) is 17.7 Å². The highest BCUT2D eigenvalue weighted by molar-refractivity contribution is 5.70. The fourth-order valence-corrected chi connectivity index (χ4v) is 2.84. The number of hydrogen-bond donors (Lipinski definition) is 1. The summed E-state index contributed by atoms with van der Waals surface area (Å²) in [6.45, 7) is 17.2. The van der Waals surface area contributed by atoms with Crippen molar-refractivity contribution in [3.63, 3.8) is 0 Å². The van der Waals surface area contributed by atoms with Crippen LogP contribution in [0.3, 0.4) is 0 Å². The standard InChI is InChI=1S/C22H36O3/c1-9-10-11-25-19(23)12-15(2)16-13-17(21(3,4)5)20(24)18(14-16)22(6,7)8/h13-15,24H,9-12H2,1-8H3. The number of benzene rings is 1. The van der Waals surface area contributed by atoms with Crippen molar-refractivity contribution < 1.29 is 14.6 Å². The van der Waals surface area contributed by atoms with Crippen LogP contribution in [0, 0.1) is 0 Å². The van der Waals surface area contributed by atoms with Gasteiger partial charge in [-0.3, -0.25) is 4.79 Å². The van der Waals surface area contributed by atoms with Gasteiger partial charge < -0.3 is 9.84 Å². The minimum atomic E-state index is -0.165. The van der Waals surface area contributed by atoms with Crippen LogP contribution in [-0.2, 0) is 20.4 Å². The maximum atomic E-state index is 12.1. The lowest BCUT2D eigenvalue weighted by molar-refractivity contribution is -0.144. The molecule has 1 aromatic rings. The molecule has 0 fully saturated rings. The molecule has 0 heterocycles. The summed E-state index contributed by atoms with van der Waals surface area (Å²) in [5, 5.41) is 10.8. The predicted octanol–water partition coefficient (Wildman–Crippen LogP) is 5.82. The lowest BCUT2D eigenvalue weighted by atomic mass is 9.77. The summed E-state index contributed by atoms with van der Waals surface area (Å²) < 4.78 is 5.31. The van der Waals surface area contributed by atoms with Crippen LogP contribution < -0.4 is 0 Å². The second-order valence-electron chi connectivity index (χ2n) is 9.14. The van der Waals surface area contributed by atoms with Gasteiger partial charge in [-0.25, -0.2) is 0 Å². The van der Waals surface area contributed by atoms with Crippen molar-refractivity contribution in [1.29, 1.82) is 0 Å². The first-order valence-electron chi connectivity index (χ1n) is 9.41. The molecule has 1 unspecified atom stereocenters. The van der Waals surface area contributed by atoms with E-state index in [-0.39, 0.29) is 22.7 Å². The molecule has 25 heavy (non-hydrogen) atoms. The highest BCUT2D eigenvalue weighted by atomic mass is 16.5. The van der Waals surface area contributed by atoms with E-state index in [1.54, 1.807) is 0 Å². The van der Waals surface area contributed by atoms with Crippen LogP contribution in [0.2, 0.25) is 0 Å². The Labute approximate surface area is 153 Å². The van der Waals surface area contributed by atoms with Crippen molar-refractivity contribution in [3.05, 3.63) is 28.8 Å². The molecule has 0 radical (unpaired) electrons. The van der Waals surface area contributed by atoms with E-state index in [1.807, 2.05) is 6.92 Å². The molecular formula is C22H36O3. The van der Waals surface area contributed by atoms with Crippen LogP contribution in [0.5, 0.6) is 5.75 Å². The zero-order chi connectivity index (χ0) is 19.4.